The van der Waals surface area contributed by atoms with Gasteiger partial charge in [0, 0.05) is 11.8 Å². The molecule has 0 radical (unpaired) electrons. The van der Waals surface area contributed by atoms with Crippen molar-refractivity contribution < 1.29 is 4.39 Å². The molecule has 3 aromatic rings. The van der Waals surface area contributed by atoms with Gasteiger partial charge in [-0.25, -0.2) is 9.37 Å². The van der Waals surface area contributed by atoms with E-state index in [1.54, 1.807) is 10.6 Å². The van der Waals surface area contributed by atoms with Gasteiger partial charge in [0.2, 0.25) is 5.95 Å². The molecule has 1 heterocycles. The number of rotatable bonds is 2. The van der Waals surface area contributed by atoms with Crippen molar-refractivity contribution in [1.29, 1.82) is 0 Å². The lowest BCUT2D eigenvalue weighted by molar-refractivity contribution is 0.630. The maximum absolute atomic E-state index is 13.5. The van der Waals surface area contributed by atoms with E-state index in [4.69, 9.17) is 17.3 Å². The highest BCUT2D eigenvalue weighted by Gasteiger charge is 2.13. The summed E-state index contributed by atoms with van der Waals surface area (Å²) >= 11 is 5.86. The highest BCUT2D eigenvalue weighted by molar-refractivity contribution is 6.31. The van der Waals surface area contributed by atoms with Crippen LogP contribution in [0.25, 0.3) is 16.7 Å². The molecule has 0 unspecified atom stereocenters. The Morgan fingerprint density at radius 3 is 2.85 bits per heavy atom. The molecular weight excluding hydrogens is 277 g/mol. The summed E-state index contributed by atoms with van der Waals surface area (Å²) in [5.74, 6) is -0.180. The molecule has 0 atom stereocenters. The summed E-state index contributed by atoms with van der Waals surface area (Å²) in [5.41, 5.74) is 9.24. The molecule has 0 saturated heterocycles. The van der Waals surface area contributed by atoms with Crippen molar-refractivity contribution >= 4 is 28.6 Å². The molecule has 0 aliphatic heterocycles. The van der Waals surface area contributed by atoms with Gasteiger partial charge in [0.25, 0.3) is 0 Å². The number of imidazole rings is 1. The van der Waals surface area contributed by atoms with E-state index in [1.807, 2.05) is 24.3 Å². The van der Waals surface area contributed by atoms with Crippen LogP contribution in [0, 0.1) is 5.82 Å². The Labute approximate surface area is 120 Å². The molecule has 3 nitrogen and oxygen atoms in total. The first-order valence-corrected chi connectivity index (χ1v) is 6.70. The van der Waals surface area contributed by atoms with Crippen molar-refractivity contribution in [2.45, 2.75) is 13.3 Å². The van der Waals surface area contributed by atoms with E-state index in [0.29, 0.717) is 17.0 Å². The normalized spacial score (nSPS) is 11.2. The molecule has 5 heteroatoms. The maximum Gasteiger partial charge on any atom is 0.205 e. The van der Waals surface area contributed by atoms with Crippen molar-refractivity contribution in [2.75, 3.05) is 5.73 Å². The van der Waals surface area contributed by atoms with Gasteiger partial charge in [-0.2, -0.15) is 0 Å². The number of benzene rings is 2. The molecule has 0 saturated carbocycles. The van der Waals surface area contributed by atoms with Gasteiger partial charge in [-0.3, -0.25) is 4.57 Å². The lowest BCUT2D eigenvalue weighted by Gasteiger charge is -2.08. The molecule has 20 heavy (non-hydrogen) atoms. The van der Waals surface area contributed by atoms with Crippen LogP contribution in [0.2, 0.25) is 5.02 Å². The molecule has 0 aliphatic rings. The van der Waals surface area contributed by atoms with Crippen LogP contribution in [-0.4, -0.2) is 9.55 Å². The molecule has 1 aromatic heterocycles. The zero-order valence-corrected chi connectivity index (χ0v) is 11.7. The number of nitrogens with zero attached hydrogens (tertiary/aromatic N) is 2. The molecule has 2 aromatic carbocycles. The Morgan fingerprint density at radius 2 is 2.10 bits per heavy atom. The van der Waals surface area contributed by atoms with Crippen LogP contribution >= 0.6 is 11.6 Å². The predicted octanol–water partition coefficient (Wildman–Crippen LogP) is 3.96. The number of halogens is 2. The van der Waals surface area contributed by atoms with Crippen LogP contribution in [-0.2, 0) is 6.42 Å². The molecule has 102 valence electrons. The minimum Gasteiger partial charge on any atom is -0.369 e. The van der Waals surface area contributed by atoms with Crippen LogP contribution < -0.4 is 5.73 Å². The fraction of sp³-hybridized carbons (Fsp3) is 0.133. The van der Waals surface area contributed by atoms with E-state index in [0.717, 1.165) is 12.1 Å². The smallest absolute Gasteiger partial charge is 0.205 e. The molecule has 0 fully saturated rings. The largest absolute Gasteiger partial charge is 0.369 e. The molecule has 0 amide bonds. The first-order valence-electron chi connectivity index (χ1n) is 6.32. The molecule has 2 N–H and O–H groups in total. The SMILES string of the molecule is CCc1cccc(-n2c(N)nc3cc(F)c(Cl)cc32)c1. The average Bonchev–Trinajstić information content (AvgIpc) is 2.74. The quantitative estimate of drug-likeness (QED) is 0.776. The third-order valence-electron chi connectivity index (χ3n) is 3.30. The number of aryl methyl sites for hydroxylation is 1. The standard InChI is InChI=1S/C15H13ClFN3/c1-2-9-4-3-5-10(6-9)20-14-7-11(16)12(17)8-13(14)19-15(20)18/h3-8H,2H2,1H3,(H2,18,19). The maximum atomic E-state index is 13.5. The molecule has 0 bridgehead atoms. The molecule has 0 aliphatic carbocycles. The second-order valence-corrected chi connectivity index (χ2v) is 4.99. The van der Waals surface area contributed by atoms with Gasteiger partial charge in [0.05, 0.1) is 16.1 Å². The molecule has 0 spiro atoms. The number of nitrogens with two attached hydrogens (primary N) is 1. The average molecular weight is 290 g/mol. The zero-order valence-electron chi connectivity index (χ0n) is 10.9. The van der Waals surface area contributed by atoms with Gasteiger partial charge < -0.3 is 5.73 Å². The highest BCUT2D eigenvalue weighted by Crippen LogP contribution is 2.28. The first kappa shape index (κ1) is 12.9. The molecular formula is C15H13ClFN3. The topological polar surface area (TPSA) is 43.8 Å². The summed E-state index contributed by atoms with van der Waals surface area (Å²) in [6.07, 6.45) is 0.926. The predicted molar refractivity (Wildman–Crippen MR) is 79.8 cm³/mol. The van der Waals surface area contributed by atoms with E-state index in [1.165, 1.54) is 11.6 Å². The second-order valence-electron chi connectivity index (χ2n) is 4.58. The number of hydrogen-bond acceptors (Lipinski definition) is 2. The van der Waals surface area contributed by atoms with Crippen molar-refractivity contribution in [3.05, 3.63) is 52.8 Å². The fourth-order valence-corrected chi connectivity index (χ4v) is 2.44. The van der Waals surface area contributed by atoms with E-state index in [-0.39, 0.29) is 5.02 Å². The van der Waals surface area contributed by atoms with Gasteiger partial charge >= 0.3 is 0 Å². The number of fused-ring (bicyclic) bond motifs is 1. The summed E-state index contributed by atoms with van der Waals surface area (Å²) in [5, 5.41) is 0.0605. The number of anilines is 1. The second kappa shape index (κ2) is 4.80. The lowest BCUT2D eigenvalue weighted by atomic mass is 10.1. The zero-order chi connectivity index (χ0) is 14.3. The molecule has 3 rings (SSSR count). The minimum atomic E-state index is -0.494. The third kappa shape index (κ3) is 2.02. The van der Waals surface area contributed by atoms with E-state index < -0.39 is 5.82 Å². The third-order valence-corrected chi connectivity index (χ3v) is 3.59. The van der Waals surface area contributed by atoms with Gasteiger partial charge in [0.1, 0.15) is 5.82 Å². The number of nitrogen functional groups attached to an aromatic ring is 1. The Bertz CT molecular complexity index is 795. The Balaban J connectivity index is 2.29. The highest BCUT2D eigenvalue weighted by atomic mass is 35.5. The number of hydrogen-bond donors (Lipinski definition) is 1. The minimum absolute atomic E-state index is 0.0605. The Kier molecular flexibility index (Phi) is 3.10. The van der Waals surface area contributed by atoms with Crippen LogP contribution in [0.3, 0.4) is 0 Å². The van der Waals surface area contributed by atoms with Crippen molar-refractivity contribution in [2.24, 2.45) is 0 Å². The van der Waals surface area contributed by atoms with E-state index in [9.17, 15) is 4.39 Å². The summed E-state index contributed by atoms with van der Waals surface area (Å²) in [4.78, 5) is 4.19. The Morgan fingerprint density at radius 1 is 1.30 bits per heavy atom. The summed E-state index contributed by atoms with van der Waals surface area (Å²) < 4.78 is 15.3. The van der Waals surface area contributed by atoms with Crippen molar-refractivity contribution in [3.8, 4) is 5.69 Å². The van der Waals surface area contributed by atoms with E-state index >= 15 is 0 Å². The number of aromatic nitrogens is 2. The summed E-state index contributed by atoms with van der Waals surface area (Å²) in [6, 6.07) is 10.8. The van der Waals surface area contributed by atoms with Gasteiger partial charge in [-0.15, -0.1) is 0 Å². The summed E-state index contributed by atoms with van der Waals surface area (Å²) in [7, 11) is 0. The fourth-order valence-electron chi connectivity index (χ4n) is 2.28. The van der Waals surface area contributed by atoms with Crippen LogP contribution in [0.5, 0.6) is 0 Å². The van der Waals surface area contributed by atoms with Crippen LogP contribution in [0.4, 0.5) is 10.3 Å². The van der Waals surface area contributed by atoms with Crippen molar-refractivity contribution in [3.63, 3.8) is 0 Å². The van der Waals surface area contributed by atoms with E-state index in [2.05, 4.69) is 11.9 Å². The van der Waals surface area contributed by atoms with Gasteiger partial charge in [-0.05, 0) is 30.2 Å². The monoisotopic (exact) mass is 289 g/mol. The van der Waals surface area contributed by atoms with Crippen LogP contribution in [0.15, 0.2) is 36.4 Å². The van der Waals surface area contributed by atoms with Gasteiger partial charge in [0.15, 0.2) is 0 Å². The lowest BCUT2D eigenvalue weighted by Crippen LogP contribution is -2.01. The first-order chi connectivity index (χ1) is 9.60. The summed E-state index contributed by atoms with van der Waals surface area (Å²) in [6.45, 7) is 2.08. The van der Waals surface area contributed by atoms with Crippen molar-refractivity contribution in [1.82, 2.24) is 9.55 Å². The van der Waals surface area contributed by atoms with Crippen LogP contribution in [0.1, 0.15) is 12.5 Å². The van der Waals surface area contributed by atoms with Gasteiger partial charge in [-0.1, -0.05) is 30.7 Å². The Hall–Kier alpha value is -2.07.